The highest BCUT2D eigenvalue weighted by Crippen LogP contribution is 2.35. The van der Waals surface area contributed by atoms with Crippen LogP contribution in [0.2, 0.25) is 0 Å². The molecule has 33 heavy (non-hydrogen) atoms. The maximum Gasteiger partial charge on any atom is 0.469 e. The Balaban J connectivity index is 1.53. The van der Waals surface area contributed by atoms with Crippen molar-refractivity contribution in [1.82, 2.24) is 0 Å². The smallest absolute Gasteiger partial charge is 0.469 e. The Bertz CT molecular complexity index is 1160. The van der Waals surface area contributed by atoms with Gasteiger partial charge in [-0.05, 0) is 78.6 Å². The summed E-state index contributed by atoms with van der Waals surface area (Å²) in [5.74, 6) is 7.58. The van der Waals surface area contributed by atoms with E-state index in [2.05, 4.69) is 52.8 Å². The maximum atomic E-state index is 10.8. The van der Waals surface area contributed by atoms with Crippen LogP contribution in [0.5, 0.6) is 5.75 Å². The van der Waals surface area contributed by atoms with Gasteiger partial charge in [0.2, 0.25) is 0 Å². The normalized spacial score (nSPS) is 11.2. The van der Waals surface area contributed by atoms with Gasteiger partial charge in [0.15, 0.2) is 0 Å². The minimum absolute atomic E-state index is 0.0591. The van der Waals surface area contributed by atoms with Crippen molar-refractivity contribution in [3.63, 3.8) is 0 Å². The molecule has 3 aromatic rings. The second kappa shape index (κ2) is 12.6. The van der Waals surface area contributed by atoms with Crippen molar-refractivity contribution in [2.45, 2.75) is 44.9 Å². The van der Waals surface area contributed by atoms with Crippen LogP contribution in [0.3, 0.4) is 0 Å². The SMILES string of the molecule is COc1cccc(CCCCC#Cc2ccc(CCCCOP(=O)(O)O)c3ccccc23)c1. The molecule has 3 aromatic carbocycles. The topological polar surface area (TPSA) is 76.0 Å². The third-order valence-electron chi connectivity index (χ3n) is 5.49. The summed E-state index contributed by atoms with van der Waals surface area (Å²) in [5, 5.41) is 2.32. The molecule has 0 aliphatic rings. The standard InChI is InChI=1S/C27H31O5P/c1-31-25-15-10-12-22(21-25)11-4-2-3-5-13-23-18-19-24(27-17-7-6-16-26(23)27)14-8-9-20-32-33(28,29)30/h6-7,10,12,15-19,21H,2-4,8-9,11,14,20H2,1H3,(H2,28,29,30). The fourth-order valence-electron chi connectivity index (χ4n) is 3.82. The molecule has 0 fully saturated rings. The van der Waals surface area contributed by atoms with Crippen LogP contribution < -0.4 is 4.74 Å². The average Bonchev–Trinajstić information content (AvgIpc) is 2.81. The molecular weight excluding hydrogens is 435 g/mol. The molecule has 0 saturated carbocycles. The highest BCUT2D eigenvalue weighted by molar-refractivity contribution is 7.46. The van der Waals surface area contributed by atoms with Crippen molar-refractivity contribution in [3.8, 4) is 17.6 Å². The summed E-state index contributed by atoms with van der Waals surface area (Å²) in [6.07, 6.45) is 6.24. The van der Waals surface area contributed by atoms with Crippen LogP contribution >= 0.6 is 7.82 Å². The van der Waals surface area contributed by atoms with E-state index in [4.69, 9.17) is 14.5 Å². The lowest BCUT2D eigenvalue weighted by Gasteiger charge is -2.09. The Hall–Kier alpha value is -2.61. The number of phosphoric ester groups is 1. The molecule has 0 saturated heterocycles. The van der Waals surface area contributed by atoms with E-state index < -0.39 is 7.82 Å². The van der Waals surface area contributed by atoms with E-state index in [-0.39, 0.29) is 6.61 Å². The van der Waals surface area contributed by atoms with Crippen molar-refractivity contribution >= 4 is 18.6 Å². The van der Waals surface area contributed by atoms with Gasteiger partial charge in [0, 0.05) is 12.0 Å². The van der Waals surface area contributed by atoms with Gasteiger partial charge in [-0.3, -0.25) is 4.52 Å². The van der Waals surface area contributed by atoms with E-state index in [1.807, 2.05) is 24.3 Å². The van der Waals surface area contributed by atoms with Gasteiger partial charge in [-0.15, -0.1) is 0 Å². The molecule has 6 heteroatoms. The molecule has 2 N–H and O–H groups in total. The van der Waals surface area contributed by atoms with Crippen LogP contribution in [0.15, 0.2) is 60.7 Å². The zero-order valence-electron chi connectivity index (χ0n) is 19.0. The van der Waals surface area contributed by atoms with E-state index in [0.29, 0.717) is 6.42 Å². The minimum atomic E-state index is -4.38. The summed E-state index contributed by atoms with van der Waals surface area (Å²) >= 11 is 0. The zero-order valence-corrected chi connectivity index (χ0v) is 19.9. The number of aryl methyl sites for hydroxylation is 2. The van der Waals surface area contributed by atoms with Gasteiger partial charge in [0.1, 0.15) is 5.75 Å². The van der Waals surface area contributed by atoms with Gasteiger partial charge in [-0.2, -0.15) is 0 Å². The summed E-state index contributed by atoms with van der Waals surface area (Å²) in [7, 11) is -2.69. The Morgan fingerprint density at radius 2 is 1.67 bits per heavy atom. The number of benzene rings is 3. The molecule has 0 heterocycles. The van der Waals surface area contributed by atoms with Crippen molar-refractivity contribution in [2.75, 3.05) is 13.7 Å². The Kier molecular flexibility index (Phi) is 9.54. The van der Waals surface area contributed by atoms with E-state index in [0.717, 1.165) is 55.2 Å². The molecule has 0 spiro atoms. The monoisotopic (exact) mass is 466 g/mol. The summed E-state index contributed by atoms with van der Waals surface area (Å²) < 4.78 is 20.6. The third kappa shape index (κ3) is 8.35. The lowest BCUT2D eigenvalue weighted by molar-refractivity contribution is 0.194. The summed E-state index contributed by atoms with van der Waals surface area (Å²) in [4.78, 5) is 17.5. The molecule has 0 aliphatic carbocycles. The predicted octanol–water partition coefficient (Wildman–Crippen LogP) is 6.04. The van der Waals surface area contributed by atoms with E-state index in [1.165, 1.54) is 16.5 Å². The molecular formula is C27H31O5P. The first-order valence-electron chi connectivity index (χ1n) is 11.3. The predicted molar refractivity (Wildman–Crippen MR) is 132 cm³/mol. The molecule has 0 radical (unpaired) electrons. The molecule has 3 rings (SSSR count). The quantitative estimate of drug-likeness (QED) is 0.205. The lowest BCUT2D eigenvalue weighted by atomic mass is 9.96. The number of ether oxygens (including phenoxy) is 1. The van der Waals surface area contributed by atoms with E-state index in [9.17, 15) is 4.57 Å². The molecule has 0 amide bonds. The number of methoxy groups -OCH3 is 1. The number of hydrogen-bond acceptors (Lipinski definition) is 3. The lowest BCUT2D eigenvalue weighted by Crippen LogP contribution is -1.95. The van der Waals surface area contributed by atoms with Crippen LogP contribution in [0, 0.1) is 11.8 Å². The third-order valence-corrected chi connectivity index (χ3v) is 6.01. The second-order valence-electron chi connectivity index (χ2n) is 7.96. The van der Waals surface area contributed by atoms with Crippen LogP contribution in [-0.2, 0) is 21.9 Å². The van der Waals surface area contributed by atoms with Crippen LogP contribution in [0.4, 0.5) is 0 Å². The molecule has 0 bridgehead atoms. The summed E-state index contributed by atoms with van der Waals surface area (Å²) in [6, 6.07) is 20.7. The van der Waals surface area contributed by atoms with Crippen LogP contribution in [0.25, 0.3) is 10.8 Å². The van der Waals surface area contributed by atoms with Gasteiger partial charge >= 0.3 is 7.82 Å². The fraction of sp³-hybridized carbons (Fsp3) is 0.333. The summed E-state index contributed by atoms with van der Waals surface area (Å²) in [6.45, 7) is 0.0591. The Labute approximate surface area is 196 Å². The van der Waals surface area contributed by atoms with Crippen molar-refractivity contribution in [3.05, 3.63) is 77.4 Å². The van der Waals surface area contributed by atoms with Gasteiger partial charge in [-0.1, -0.05) is 54.3 Å². The number of hydrogen-bond donors (Lipinski definition) is 2. The second-order valence-corrected chi connectivity index (χ2v) is 9.20. The largest absolute Gasteiger partial charge is 0.497 e. The van der Waals surface area contributed by atoms with Gasteiger partial charge < -0.3 is 14.5 Å². The first-order chi connectivity index (χ1) is 16.0. The van der Waals surface area contributed by atoms with Crippen molar-refractivity contribution in [2.24, 2.45) is 0 Å². The molecule has 0 atom stereocenters. The Morgan fingerprint density at radius 3 is 2.45 bits per heavy atom. The number of rotatable bonds is 11. The first kappa shape index (κ1) is 25.0. The van der Waals surface area contributed by atoms with Gasteiger partial charge in [0.05, 0.1) is 13.7 Å². The molecule has 5 nitrogen and oxygen atoms in total. The Morgan fingerprint density at radius 1 is 0.879 bits per heavy atom. The molecule has 0 unspecified atom stereocenters. The molecule has 174 valence electrons. The summed E-state index contributed by atoms with van der Waals surface area (Å²) in [5.41, 5.74) is 3.54. The van der Waals surface area contributed by atoms with Crippen LogP contribution in [-0.4, -0.2) is 23.5 Å². The zero-order chi connectivity index (χ0) is 23.5. The number of fused-ring (bicyclic) bond motifs is 1. The fourth-order valence-corrected chi connectivity index (χ4v) is 4.18. The van der Waals surface area contributed by atoms with Gasteiger partial charge in [-0.25, -0.2) is 4.57 Å². The highest BCUT2D eigenvalue weighted by Gasteiger charge is 2.12. The average molecular weight is 467 g/mol. The van der Waals surface area contributed by atoms with Crippen LogP contribution in [0.1, 0.15) is 48.8 Å². The minimum Gasteiger partial charge on any atom is -0.497 e. The molecule has 0 aromatic heterocycles. The van der Waals surface area contributed by atoms with E-state index in [1.54, 1.807) is 7.11 Å². The first-order valence-corrected chi connectivity index (χ1v) is 12.8. The van der Waals surface area contributed by atoms with Gasteiger partial charge in [0.25, 0.3) is 0 Å². The highest BCUT2D eigenvalue weighted by atomic mass is 31.2. The maximum absolute atomic E-state index is 10.8. The molecule has 0 aliphatic heterocycles. The number of unbranched alkanes of at least 4 members (excludes halogenated alkanes) is 3. The van der Waals surface area contributed by atoms with Crippen molar-refractivity contribution < 1.29 is 23.6 Å². The van der Waals surface area contributed by atoms with Crippen molar-refractivity contribution in [1.29, 1.82) is 0 Å². The number of phosphoric acid groups is 1. The van der Waals surface area contributed by atoms with E-state index >= 15 is 0 Å².